The molecule has 2 amide bonds. The standard InChI is InChI=1S/C33H28N8O6S2/c1-46-33(45)22-11-13-24(30(43)37-17-15-35-28-21-7-3-5-9-26(21)49-41-28)39-31(22)47-32(44)19-10-12-23(38-18-19)29(42)36-16-14-34-27-20-6-2-4-8-25(20)48-40-27/h2-13,18H,14-17H2,1H3,(H,34,40)(H,35,41)(H,36,42)(H,37,43). The van der Waals surface area contributed by atoms with Gasteiger partial charge < -0.3 is 30.7 Å². The molecule has 0 spiro atoms. The van der Waals surface area contributed by atoms with Gasteiger partial charge in [0.25, 0.3) is 11.8 Å². The number of esters is 2. The van der Waals surface area contributed by atoms with Gasteiger partial charge in [-0.25, -0.2) is 14.6 Å². The minimum absolute atomic E-state index is 0.0123. The molecule has 16 heteroatoms. The predicted molar refractivity (Wildman–Crippen MR) is 186 cm³/mol. The van der Waals surface area contributed by atoms with Crippen LogP contribution in [-0.4, -0.2) is 75.8 Å². The van der Waals surface area contributed by atoms with Gasteiger partial charge >= 0.3 is 11.9 Å². The van der Waals surface area contributed by atoms with E-state index in [-0.39, 0.29) is 29.1 Å². The number of amides is 2. The summed E-state index contributed by atoms with van der Waals surface area (Å²) in [6, 6.07) is 21.0. The van der Waals surface area contributed by atoms with Crippen molar-refractivity contribution >= 4 is 78.6 Å². The Balaban J connectivity index is 1.02. The van der Waals surface area contributed by atoms with Gasteiger partial charge in [-0.1, -0.05) is 24.3 Å². The molecular formula is C33H28N8O6S2. The Morgan fingerprint density at radius 1 is 0.673 bits per heavy atom. The van der Waals surface area contributed by atoms with Crippen LogP contribution in [0.25, 0.3) is 20.2 Å². The summed E-state index contributed by atoms with van der Waals surface area (Å²) in [7, 11) is 1.16. The number of fused-ring (bicyclic) bond motifs is 2. The van der Waals surface area contributed by atoms with Gasteiger partial charge in [0, 0.05) is 43.1 Å². The van der Waals surface area contributed by atoms with E-state index in [1.54, 1.807) is 0 Å². The summed E-state index contributed by atoms with van der Waals surface area (Å²) in [5.41, 5.74) is -0.174. The molecule has 4 N–H and O–H groups in total. The molecule has 6 aromatic rings. The number of hydrogen-bond acceptors (Lipinski definition) is 14. The molecule has 0 unspecified atom stereocenters. The summed E-state index contributed by atoms with van der Waals surface area (Å²) < 4.78 is 21.1. The van der Waals surface area contributed by atoms with Crippen LogP contribution in [0.2, 0.25) is 0 Å². The molecule has 0 aliphatic heterocycles. The molecule has 0 saturated heterocycles. The SMILES string of the molecule is COC(=O)c1ccc(C(=O)NCCNc2nsc3ccccc23)nc1OC(=O)c1ccc(C(=O)NCCNc2nsc3ccccc23)nc1. The number of aromatic nitrogens is 4. The van der Waals surface area contributed by atoms with Crippen LogP contribution in [0.1, 0.15) is 41.7 Å². The summed E-state index contributed by atoms with van der Waals surface area (Å²) in [5.74, 6) is -1.65. The van der Waals surface area contributed by atoms with Gasteiger partial charge in [-0.2, -0.15) is 8.75 Å². The zero-order chi connectivity index (χ0) is 34.2. The molecule has 0 aliphatic rings. The fraction of sp³-hybridized carbons (Fsp3) is 0.152. The van der Waals surface area contributed by atoms with Crippen LogP contribution in [0, 0.1) is 0 Å². The van der Waals surface area contributed by atoms with Crippen molar-refractivity contribution in [2.24, 2.45) is 0 Å². The summed E-state index contributed by atoms with van der Waals surface area (Å²) in [6.45, 7) is 1.38. The van der Waals surface area contributed by atoms with E-state index >= 15 is 0 Å². The fourth-order valence-electron chi connectivity index (χ4n) is 4.63. The lowest BCUT2D eigenvalue weighted by atomic mass is 10.2. The lowest BCUT2D eigenvalue weighted by Crippen LogP contribution is -2.30. The number of nitrogens with zero attached hydrogens (tertiary/aromatic N) is 4. The highest BCUT2D eigenvalue weighted by Crippen LogP contribution is 2.27. The molecule has 0 aliphatic carbocycles. The predicted octanol–water partition coefficient (Wildman–Crippen LogP) is 4.39. The molecule has 0 atom stereocenters. The number of rotatable bonds is 13. The number of carbonyl (C=O) groups is 4. The second-order valence-electron chi connectivity index (χ2n) is 10.3. The zero-order valence-corrected chi connectivity index (χ0v) is 27.5. The molecule has 4 aromatic heterocycles. The van der Waals surface area contributed by atoms with Gasteiger partial charge in [-0.3, -0.25) is 14.6 Å². The van der Waals surface area contributed by atoms with Crippen LogP contribution in [0.3, 0.4) is 0 Å². The Morgan fingerprint density at radius 3 is 1.82 bits per heavy atom. The maximum absolute atomic E-state index is 13.0. The van der Waals surface area contributed by atoms with Crippen molar-refractivity contribution in [3.63, 3.8) is 0 Å². The van der Waals surface area contributed by atoms with Crippen LogP contribution in [0.5, 0.6) is 5.88 Å². The minimum atomic E-state index is -0.908. The van der Waals surface area contributed by atoms with Crippen molar-refractivity contribution < 1.29 is 28.7 Å². The average molecular weight is 697 g/mol. The summed E-state index contributed by atoms with van der Waals surface area (Å²) >= 11 is 2.77. The van der Waals surface area contributed by atoms with E-state index < -0.39 is 29.6 Å². The van der Waals surface area contributed by atoms with Crippen LogP contribution < -0.4 is 26.0 Å². The van der Waals surface area contributed by atoms with Crippen molar-refractivity contribution in [2.75, 3.05) is 43.9 Å². The first kappa shape index (κ1) is 32.9. The topological polar surface area (TPSA) is 186 Å². The largest absolute Gasteiger partial charge is 0.465 e. The second-order valence-corrected chi connectivity index (χ2v) is 11.9. The van der Waals surface area contributed by atoms with Gasteiger partial charge in [0.2, 0.25) is 5.88 Å². The van der Waals surface area contributed by atoms with Crippen molar-refractivity contribution in [3.05, 3.63) is 102 Å². The highest BCUT2D eigenvalue weighted by Gasteiger charge is 2.22. The molecule has 4 heterocycles. The Kier molecular flexibility index (Phi) is 10.3. The van der Waals surface area contributed by atoms with Crippen molar-refractivity contribution in [3.8, 4) is 5.88 Å². The first-order chi connectivity index (χ1) is 23.9. The number of carbonyl (C=O) groups excluding carboxylic acids is 4. The molecule has 0 bridgehead atoms. The maximum atomic E-state index is 13.0. The van der Waals surface area contributed by atoms with E-state index in [4.69, 9.17) is 9.47 Å². The number of methoxy groups -OCH3 is 1. The number of hydrogen-bond donors (Lipinski definition) is 4. The van der Waals surface area contributed by atoms with E-state index in [9.17, 15) is 19.2 Å². The number of pyridine rings is 2. The van der Waals surface area contributed by atoms with Gasteiger partial charge in [-0.05, 0) is 71.6 Å². The maximum Gasteiger partial charge on any atom is 0.346 e. The first-order valence-corrected chi connectivity index (χ1v) is 16.5. The number of benzene rings is 2. The van der Waals surface area contributed by atoms with Crippen LogP contribution in [0.4, 0.5) is 11.6 Å². The smallest absolute Gasteiger partial charge is 0.346 e. The molecule has 0 saturated carbocycles. The first-order valence-electron chi connectivity index (χ1n) is 14.9. The highest BCUT2D eigenvalue weighted by atomic mass is 32.1. The Labute approximate surface area is 287 Å². The summed E-state index contributed by atoms with van der Waals surface area (Å²) in [5, 5.41) is 13.9. The Morgan fingerprint density at radius 2 is 1.24 bits per heavy atom. The number of nitrogens with one attached hydrogen (secondary N) is 4. The van der Waals surface area contributed by atoms with Gasteiger partial charge in [0.05, 0.1) is 22.1 Å². The normalized spacial score (nSPS) is 10.8. The van der Waals surface area contributed by atoms with Crippen LogP contribution in [-0.2, 0) is 4.74 Å². The Hall–Kier alpha value is -6.00. The second kappa shape index (κ2) is 15.3. The molecule has 0 radical (unpaired) electrons. The zero-order valence-electron chi connectivity index (χ0n) is 25.9. The molecule has 2 aromatic carbocycles. The van der Waals surface area contributed by atoms with E-state index in [0.29, 0.717) is 19.6 Å². The molecule has 248 valence electrons. The van der Waals surface area contributed by atoms with Crippen molar-refractivity contribution in [2.45, 2.75) is 0 Å². The monoisotopic (exact) mass is 696 g/mol. The average Bonchev–Trinajstić information content (AvgIpc) is 3.75. The van der Waals surface area contributed by atoms with Gasteiger partial charge in [-0.15, -0.1) is 0 Å². The van der Waals surface area contributed by atoms with Crippen molar-refractivity contribution in [1.29, 1.82) is 0 Å². The molecule has 0 fully saturated rings. The third-order valence-electron chi connectivity index (χ3n) is 7.08. The summed E-state index contributed by atoms with van der Waals surface area (Å²) in [6.07, 6.45) is 1.17. The minimum Gasteiger partial charge on any atom is -0.465 e. The van der Waals surface area contributed by atoms with E-state index in [0.717, 1.165) is 38.9 Å². The quantitative estimate of drug-likeness (QED) is 0.0988. The van der Waals surface area contributed by atoms with Gasteiger partial charge in [0.15, 0.2) is 0 Å². The van der Waals surface area contributed by atoms with E-state index in [1.807, 2.05) is 48.5 Å². The fourth-order valence-corrected chi connectivity index (χ4v) is 6.14. The Bertz CT molecular complexity index is 2150. The van der Waals surface area contributed by atoms with Crippen molar-refractivity contribution in [1.82, 2.24) is 29.3 Å². The molecule has 49 heavy (non-hydrogen) atoms. The summed E-state index contributed by atoms with van der Waals surface area (Å²) in [4.78, 5) is 59.0. The van der Waals surface area contributed by atoms with Crippen LogP contribution >= 0.6 is 23.1 Å². The molecular weight excluding hydrogens is 669 g/mol. The van der Waals surface area contributed by atoms with Gasteiger partial charge in [0.1, 0.15) is 28.6 Å². The molecule has 6 rings (SSSR count). The molecule has 14 nitrogen and oxygen atoms in total. The number of ether oxygens (including phenoxy) is 2. The van der Waals surface area contributed by atoms with E-state index in [2.05, 4.69) is 40.0 Å². The van der Waals surface area contributed by atoms with Crippen LogP contribution in [0.15, 0.2) is 79.0 Å². The third-order valence-corrected chi connectivity index (χ3v) is 8.73. The lowest BCUT2D eigenvalue weighted by molar-refractivity contribution is 0.0589. The number of anilines is 2. The van der Waals surface area contributed by atoms with E-state index in [1.165, 1.54) is 53.5 Å². The highest BCUT2D eigenvalue weighted by molar-refractivity contribution is 7.14. The third kappa shape index (κ3) is 7.77. The lowest BCUT2D eigenvalue weighted by Gasteiger charge is -2.11.